The van der Waals surface area contributed by atoms with Gasteiger partial charge in [0, 0.05) is 17.5 Å². The molecule has 0 aromatic carbocycles. The van der Waals surface area contributed by atoms with Crippen LogP contribution in [-0.2, 0) is 0 Å². The van der Waals surface area contributed by atoms with E-state index in [1.807, 2.05) is 0 Å². The van der Waals surface area contributed by atoms with Crippen LogP contribution < -0.4 is 5.73 Å². The lowest BCUT2D eigenvalue weighted by Gasteiger charge is -2.14. The maximum atomic E-state index is 11.7. The fraction of sp³-hybridized carbons (Fsp3) is 1.00. The Kier molecular flexibility index (Phi) is 4.96. The van der Waals surface area contributed by atoms with Crippen molar-refractivity contribution in [1.82, 2.24) is 0 Å². The lowest BCUT2D eigenvalue weighted by Crippen LogP contribution is -2.31. The van der Waals surface area contributed by atoms with Gasteiger partial charge in [-0.3, -0.25) is 0 Å². The summed E-state index contributed by atoms with van der Waals surface area (Å²) < 4.78 is 35.0. The van der Waals surface area contributed by atoms with Gasteiger partial charge in [-0.2, -0.15) is 24.9 Å². The van der Waals surface area contributed by atoms with E-state index in [0.717, 1.165) is 11.8 Å². The van der Waals surface area contributed by atoms with Gasteiger partial charge in [0.15, 0.2) is 6.10 Å². The summed E-state index contributed by atoms with van der Waals surface area (Å²) in [5, 5.41) is 8.51. The van der Waals surface area contributed by atoms with Crippen LogP contribution in [0.15, 0.2) is 0 Å². The van der Waals surface area contributed by atoms with Crippen molar-refractivity contribution in [2.45, 2.75) is 25.2 Å². The van der Waals surface area contributed by atoms with Gasteiger partial charge >= 0.3 is 6.18 Å². The molecule has 0 heterocycles. The molecule has 2 unspecified atom stereocenters. The van der Waals surface area contributed by atoms with Crippen LogP contribution in [0.4, 0.5) is 13.2 Å². The van der Waals surface area contributed by atoms with E-state index in [4.69, 9.17) is 10.8 Å². The zero-order valence-electron chi connectivity index (χ0n) is 6.64. The summed E-state index contributed by atoms with van der Waals surface area (Å²) in [6.07, 6.45) is -6.74. The summed E-state index contributed by atoms with van der Waals surface area (Å²) >= 11 is 1.00. The molecule has 0 fully saturated rings. The molecule has 0 radical (unpaired) electrons. The molecule has 74 valence electrons. The van der Waals surface area contributed by atoms with Crippen LogP contribution in [0.5, 0.6) is 0 Å². The molecule has 0 aliphatic heterocycles. The van der Waals surface area contributed by atoms with Gasteiger partial charge in [-0.15, -0.1) is 0 Å². The van der Waals surface area contributed by atoms with Crippen molar-refractivity contribution >= 4 is 11.8 Å². The highest BCUT2D eigenvalue weighted by molar-refractivity contribution is 7.99. The van der Waals surface area contributed by atoms with Crippen LogP contribution in [0.1, 0.15) is 6.92 Å². The first kappa shape index (κ1) is 12.1. The predicted molar refractivity (Wildman–Crippen MR) is 43.0 cm³/mol. The number of halogens is 3. The summed E-state index contributed by atoms with van der Waals surface area (Å²) in [6.45, 7) is 1.70. The van der Waals surface area contributed by atoms with E-state index in [1.54, 1.807) is 6.92 Å². The van der Waals surface area contributed by atoms with E-state index < -0.39 is 12.3 Å². The predicted octanol–water partition coefficient (Wildman–Crippen LogP) is 0.990. The third-order valence-electron chi connectivity index (χ3n) is 1.03. The van der Waals surface area contributed by atoms with Crippen LogP contribution in [0, 0.1) is 0 Å². The first-order valence-corrected chi connectivity index (χ1v) is 4.57. The maximum absolute atomic E-state index is 11.7. The minimum absolute atomic E-state index is 0.143. The number of rotatable bonds is 4. The van der Waals surface area contributed by atoms with Gasteiger partial charge in [0.05, 0.1) is 0 Å². The number of nitrogens with two attached hydrogens (primary N) is 1. The zero-order chi connectivity index (χ0) is 9.78. The van der Waals surface area contributed by atoms with Gasteiger partial charge < -0.3 is 10.8 Å². The molecule has 0 amide bonds. The Bertz CT molecular complexity index is 128. The molecule has 0 rings (SSSR count). The SMILES string of the molecule is CC(N)CSCC(O)C(F)(F)F. The molecule has 0 aromatic rings. The van der Waals surface area contributed by atoms with Gasteiger partial charge in [-0.1, -0.05) is 0 Å². The highest BCUT2D eigenvalue weighted by atomic mass is 32.2. The molecular weight excluding hydrogens is 191 g/mol. The summed E-state index contributed by atoms with van der Waals surface area (Å²) in [5.41, 5.74) is 5.30. The van der Waals surface area contributed by atoms with Gasteiger partial charge in [0.1, 0.15) is 0 Å². The Morgan fingerprint density at radius 3 is 2.25 bits per heavy atom. The van der Waals surface area contributed by atoms with E-state index in [2.05, 4.69) is 0 Å². The van der Waals surface area contributed by atoms with Gasteiger partial charge in [0.25, 0.3) is 0 Å². The summed E-state index contributed by atoms with van der Waals surface area (Å²) in [5.74, 6) is 0.0815. The molecule has 3 N–H and O–H groups in total. The number of alkyl halides is 3. The largest absolute Gasteiger partial charge is 0.415 e. The van der Waals surface area contributed by atoms with Crippen LogP contribution in [-0.4, -0.2) is 34.9 Å². The molecule has 0 aliphatic rings. The van der Waals surface area contributed by atoms with Crippen LogP contribution in [0.25, 0.3) is 0 Å². The number of aliphatic hydroxyl groups excluding tert-OH is 1. The Hall–Kier alpha value is 0.0600. The number of hydrogen-bond donors (Lipinski definition) is 2. The van der Waals surface area contributed by atoms with E-state index in [0.29, 0.717) is 5.75 Å². The second-order valence-electron chi connectivity index (χ2n) is 2.57. The first-order chi connectivity index (χ1) is 5.34. The van der Waals surface area contributed by atoms with Crippen molar-refractivity contribution in [3.05, 3.63) is 0 Å². The topological polar surface area (TPSA) is 46.2 Å². The minimum Gasteiger partial charge on any atom is -0.383 e. The monoisotopic (exact) mass is 203 g/mol. The molecule has 0 spiro atoms. The van der Waals surface area contributed by atoms with Gasteiger partial charge in [-0.05, 0) is 6.92 Å². The van der Waals surface area contributed by atoms with Crippen molar-refractivity contribution < 1.29 is 18.3 Å². The fourth-order valence-corrected chi connectivity index (χ4v) is 1.38. The molecule has 0 aromatic heterocycles. The second-order valence-corrected chi connectivity index (χ2v) is 3.65. The Morgan fingerprint density at radius 1 is 1.42 bits per heavy atom. The number of hydrogen-bond acceptors (Lipinski definition) is 3. The molecule has 0 saturated carbocycles. The first-order valence-electron chi connectivity index (χ1n) is 3.42. The minimum atomic E-state index is -4.51. The van der Waals surface area contributed by atoms with E-state index in [-0.39, 0.29) is 11.8 Å². The average Bonchev–Trinajstić information content (AvgIpc) is 1.84. The van der Waals surface area contributed by atoms with Crippen molar-refractivity contribution in [3.8, 4) is 0 Å². The standard InChI is InChI=1S/C6H12F3NOS/c1-4(10)2-12-3-5(11)6(7,8)9/h4-5,11H,2-3,10H2,1H3. The molecule has 0 saturated heterocycles. The van der Waals surface area contributed by atoms with Crippen LogP contribution in [0.3, 0.4) is 0 Å². The molecule has 12 heavy (non-hydrogen) atoms. The third kappa shape index (κ3) is 5.68. The lowest BCUT2D eigenvalue weighted by atomic mass is 10.4. The van der Waals surface area contributed by atoms with Crippen molar-refractivity contribution in [2.75, 3.05) is 11.5 Å². The highest BCUT2D eigenvalue weighted by Crippen LogP contribution is 2.22. The normalized spacial score (nSPS) is 17.5. The summed E-state index contributed by atoms with van der Waals surface area (Å²) in [4.78, 5) is 0. The maximum Gasteiger partial charge on any atom is 0.415 e. The fourth-order valence-electron chi connectivity index (χ4n) is 0.460. The molecule has 0 aliphatic carbocycles. The molecule has 2 atom stereocenters. The van der Waals surface area contributed by atoms with Gasteiger partial charge in [-0.25, -0.2) is 0 Å². The third-order valence-corrected chi connectivity index (χ3v) is 2.35. The Balaban J connectivity index is 3.51. The second kappa shape index (κ2) is 4.94. The highest BCUT2D eigenvalue weighted by Gasteiger charge is 2.37. The van der Waals surface area contributed by atoms with Crippen molar-refractivity contribution in [1.29, 1.82) is 0 Å². The zero-order valence-corrected chi connectivity index (χ0v) is 7.45. The molecule has 2 nitrogen and oxygen atoms in total. The Morgan fingerprint density at radius 2 is 1.92 bits per heavy atom. The van der Waals surface area contributed by atoms with E-state index in [9.17, 15) is 13.2 Å². The molecular formula is C6H12F3NOS. The average molecular weight is 203 g/mol. The molecule has 0 bridgehead atoms. The summed E-state index contributed by atoms with van der Waals surface area (Å²) in [6, 6.07) is -0.143. The smallest absolute Gasteiger partial charge is 0.383 e. The number of thioether (sulfide) groups is 1. The Labute approximate surface area is 73.3 Å². The quantitative estimate of drug-likeness (QED) is 0.716. The van der Waals surface area contributed by atoms with Crippen LogP contribution in [0.2, 0.25) is 0 Å². The van der Waals surface area contributed by atoms with Crippen molar-refractivity contribution in [2.24, 2.45) is 5.73 Å². The van der Waals surface area contributed by atoms with Crippen molar-refractivity contribution in [3.63, 3.8) is 0 Å². The van der Waals surface area contributed by atoms with Gasteiger partial charge in [0.2, 0.25) is 0 Å². The lowest BCUT2D eigenvalue weighted by molar-refractivity contribution is -0.195. The van der Waals surface area contributed by atoms with E-state index in [1.165, 1.54) is 0 Å². The summed E-state index contributed by atoms with van der Waals surface area (Å²) in [7, 11) is 0. The van der Waals surface area contributed by atoms with E-state index >= 15 is 0 Å². The number of aliphatic hydroxyl groups is 1. The molecule has 6 heteroatoms. The van der Waals surface area contributed by atoms with Crippen LogP contribution >= 0.6 is 11.8 Å².